The molecular formula is C7H12N2O2. The van der Waals surface area contributed by atoms with Crippen molar-refractivity contribution >= 4 is 11.8 Å². The molecule has 1 aliphatic heterocycles. The van der Waals surface area contributed by atoms with Crippen molar-refractivity contribution in [1.82, 2.24) is 10.6 Å². The number of rotatable bonds is 1. The van der Waals surface area contributed by atoms with Crippen LogP contribution < -0.4 is 10.6 Å². The van der Waals surface area contributed by atoms with Crippen LogP contribution in [0.2, 0.25) is 0 Å². The summed E-state index contributed by atoms with van der Waals surface area (Å²) in [5.41, 5.74) is 0. The van der Waals surface area contributed by atoms with Crippen LogP contribution in [-0.2, 0) is 9.59 Å². The molecular weight excluding hydrogens is 144 g/mol. The Labute approximate surface area is 66.8 Å². The van der Waals surface area contributed by atoms with Crippen molar-refractivity contribution in [3.63, 3.8) is 0 Å². The number of carbonyl (C=O) groups is 2. The molecule has 0 aromatic carbocycles. The zero-order valence-corrected chi connectivity index (χ0v) is 6.55. The van der Waals surface area contributed by atoms with E-state index in [1.54, 1.807) is 0 Å². The van der Waals surface area contributed by atoms with Crippen molar-refractivity contribution in [3.05, 3.63) is 0 Å². The third-order valence-corrected chi connectivity index (χ3v) is 1.59. The van der Waals surface area contributed by atoms with E-state index in [-0.39, 0.29) is 11.8 Å². The number of carbonyl (C=O) groups excluding carboxylic acids is 2. The maximum absolute atomic E-state index is 11.1. The summed E-state index contributed by atoms with van der Waals surface area (Å²) in [6, 6.07) is -0.487. The summed E-state index contributed by atoms with van der Waals surface area (Å²) in [6.45, 7) is 2.54. The maximum atomic E-state index is 11.1. The van der Waals surface area contributed by atoms with Crippen LogP contribution in [0.4, 0.5) is 0 Å². The molecule has 0 aliphatic carbocycles. The Hall–Kier alpha value is -1.06. The van der Waals surface area contributed by atoms with Crippen molar-refractivity contribution in [2.45, 2.75) is 19.9 Å². The smallest absolute Gasteiger partial charge is 0.243 e. The van der Waals surface area contributed by atoms with Crippen LogP contribution in [0, 0.1) is 5.92 Å². The van der Waals surface area contributed by atoms with Gasteiger partial charge in [-0.2, -0.15) is 0 Å². The van der Waals surface area contributed by atoms with E-state index in [2.05, 4.69) is 10.6 Å². The number of piperazine rings is 1. The van der Waals surface area contributed by atoms with Gasteiger partial charge in [-0.1, -0.05) is 13.8 Å². The summed E-state index contributed by atoms with van der Waals surface area (Å²) < 4.78 is 7.10. The van der Waals surface area contributed by atoms with Crippen LogP contribution in [-0.4, -0.2) is 24.4 Å². The predicted molar refractivity (Wildman–Crippen MR) is 39.8 cm³/mol. The first-order chi connectivity index (χ1) is 5.52. The highest BCUT2D eigenvalue weighted by atomic mass is 16.2. The van der Waals surface area contributed by atoms with Crippen molar-refractivity contribution in [3.8, 4) is 0 Å². The first-order valence-corrected chi connectivity index (χ1v) is 3.55. The minimum Gasteiger partial charge on any atom is -0.345 e. The van der Waals surface area contributed by atoms with Gasteiger partial charge in [0.2, 0.25) is 11.8 Å². The Kier molecular flexibility index (Phi) is 1.75. The first kappa shape index (κ1) is 6.64. The van der Waals surface area contributed by atoms with Gasteiger partial charge in [-0.3, -0.25) is 9.59 Å². The molecule has 1 heterocycles. The third-order valence-electron chi connectivity index (χ3n) is 1.59. The van der Waals surface area contributed by atoms with Gasteiger partial charge in [0.25, 0.3) is 0 Å². The van der Waals surface area contributed by atoms with Crippen LogP contribution in [0.25, 0.3) is 0 Å². The van der Waals surface area contributed by atoms with Crippen molar-refractivity contribution in [1.29, 1.82) is 0 Å². The zero-order chi connectivity index (χ0) is 9.30. The largest absolute Gasteiger partial charge is 0.345 e. The Balaban J connectivity index is 2.68. The van der Waals surface area contributed by atoms with Gasteiger partial charge in [0.1, 0.15) is 6.04 Å². The monoisotopic (exact) mass is 157 g/mol. The Bertz CT molecular complexity index is 217. The Morgan fingerprint density at radius 2 is 2.27 bits per heavy atom. The van der Waals surface area contributed by atoms with E-state index in [4.69, 9.17) is 1.37 Å². The quantitative estimate of drug-likeness (QED) is 0.526. The lowest BCUT2D eigenvalue weighted by molar-refractivity contribution is -0.134. The normalized spacial score (nSPS) is 32.8. The third kappa shape index (κ3) is 1.69. The van der Waals surface area contributed by atoms with E-state index in [0.29, 0.717) is 0 Å². The topological polar surface area (TPSA) is 58.2 Å². The molecule has 4 nitrogen and oxygen atoms in total. The molecule has 0 saturated carbocycles. The van der Waals surface area contributed by atoms with Gasteiger partial charge >= 0.3 is 0 Å². The first-order valence-electron chi connectivity index (χ1n) is 4.13. The SMILES string of the molecule is [2H][C@@H]1NC(=O)[C@H](C(C)C)NC1=O. The van der Waals surface area contributed by atoms with E-state index < -0.39 is 18.5 Å². The summed E-state index contributed by atoms with van der Waals surface area (Å²) in [4.78, 5) is 22.1. The highest BCUT2D eigenvalue weighted by Crippen LogP contribution is 2.03. The molecule has 2 atom stereocenters. The van der Waals surface area contributed by atoms with Gasteiger partial charge in [-0.05, 0) is 5.92 Å². The molecule has 0 unspecified atom stereocenters. The Morgan fingerprint density at radius 3 is 2.82 bits per heavy atom. The summed E-state index contributed by atoms with van der Waals surface area (Å²) in [5.74, 6) is -0.653. The summed E-state index contributed by atoms with van der Waals surface area (Å²) in [6.07, 6.45) is 0. The second-order valence-electron chi connectivity index (χ2n) is 2.88. The minimum absolute atomic E-state index is 0.0569. The molecule has 0 spiro atoms. The highest BCUT2D eigenvalue weighted by Gasteiger charge is 2.27. The maximum Gasteiger partial charge on any atom is 0.243 e. The second kappa shape index (κ2) is 2.90. The van der Waals surface area contributed by atoms with Crippen LogP contribution in [0.15, 0.2) is 0 Å². The van der Waals surface area contributed by atoms with E-state index >= 15 is 0 Å². The minimum atomic E-state index is -1.15. The zero-order valence-electron chi connectivity index (χ0n) is 7.55. The highest BCUT2D eigenvalue weighted by molar-refractivity contribution is 5.94. The molecule has 1 saturated heterocycles. The molecule has 11 heavy (non-hydrogen) atoms. The van der Waals surface area contributed by atoms with Gasteiger partial charge in [0, 0.05) is 0 Å². The van der Waals surface area contributed by atoms with Crippen LogP contribution in [0.5, 0.6) is 0 Å². The van der Waals surface area contributed by atoms with Gasteiger partial charge in [0.15, 0.2) is 0 Å². The lowest BCUT2D eigenvalue weighted by Crippen LogP contribution is -2.58. The van der Waals surface area contributed by atoms with Crippen LogP contribution >= 0.6 is 0 Å². The van der Waals surface area contributed by atoms with E-state index in [9.17, 15) is 9.59 Å². The van der Waals surface area contributed by atoms with Crippen molar-refractivity contribution < 1.29 is 11.0 Å². The number of amides is 2. The molecule has 2 N–H and O–H groups in total. The molecule has 2 amide bonds. The molecule has 1 rings (SSSR count). The lowest BCUT2D eigenvalue weighted by Gasteiger charge is -2.25. The average molecular weight is 157 g/mol. The van der Waals surface area contributed by atoms with Crippen molar-refractivity contribution in [2.75, 3.05) is 6.52 Å². The van der Waals surface area contributed by atoms with Gasteiger partial charge in [0.05, 0.1) is 7.89 Å². The standard InChI is InChI=1S/C7H12N2O2/c1-4(2)6-7(11)8-3-5(10)9-6/h4,6H,3H2,1-2H3,(H,8,11)(H,9,10)/t6-/m0/s1/i3D/t3-,6-. The Morgan fingerprint density at radius 1 is 1.64 bits per heavy atom. The molecule has 4 heteroatoms. The number of hydrogen-bond acceptors (Lipinski definition) is 2. The number of nitrogens with one attached hydrogen (secondary N) is 2. The average Bonchev–Trinajstić information content (AvgIpc) is 1.96. The van der Waals surface area contributed by atoms with Crippen molar-refractivity contribution in [2.24, 2.45) is 5.92 Å². The van der Waals surface area contributed by atoms with E-state index in [1.807, 2.05) is 13.8 Å². The molecule has 0 aromatic heterocycles. The molecule has 62 valence electrons. The molecule has 0 radical (unpaired) electrons. The fraction of sp³-hybridized carbons (Fsp3) is 0.714. The van der Waals surface area contributed by atoms with Gasteiger partial charge < -0.3 is 10.6 Å². The second-order valence-corrected chi connectivity index (χ2v) is 2.88. The fourth-order valence-electron chi connectivity index (χ4n) is 0.956. The lowest BCUT2D eigenvalue weighted by atomic mass is 10.0. The molecule has 1 fully saturated rings. The van der Waals surface area contributed by atoms with Crippen LogP contribution in [0.3, 0.4) is 0 Å². The molecule has 1 aliphatic rings. The molecule has 0 aromatic rings. The summed E-state index contributed by atoms with van der Waals surface area (Å²) in [7, 11) is 0. The summed E-state index contributed by atoms with van der Waals surface area (Å²) in [5, 5.41) is 4.75. The fourth-order valence-corrected chi connectivity index (χ4v) is 0.956. The number of hydrogen-bond donors (Lipinski definition) is 2. The summed E-state index contributed by atoms with van der Waals surface area (Å²) >= 11 is 0. The van der Waals surface area contributed by atoms with E-state index in [1.165, 1.54) is 0 Å². The van der Waals surface area contributed by atoms with Gasteiger partial charge in [-0.25, -0.2) is 0 Å². The molecule has 0 bridgehead atoms. The van der Waals surface area contributed by atoms with Gasteiger partial charge in [-0.15, -0.1) is 0 Å². The predicted octanol–water partition coefficient (Wildman–Crippen LogP) is -0.743. The van der Waals surface area contributed by atoms with E-state index in [0.717, 1.165) is 0 Å². The van der Waals surface area contributed by atoms with Crippen LogP contribution in [0.1, 0.15) is 15.2 Å².